The summed E-state index contributed by atoms with van der Waals surface area (Å²) < 4.78 is 0. The second-order valence-corrected chi connectivity index (χ2v) is 6.72. The predicted octanol–water partition coefficient (Wildman–Crippen LogP) is 4.51. The SMILES string of the molecule is CCCN(CCC)c1ccc(C)cc1CNC(C)(C)C. The number of hydrogen-bond acceptors (Lipinski definition) is 2. The van der Waals surface area contributed by atoms with Gasteiger partial charge < -0.3 is 10.2 Å². The number of benzene rings is 1. The second kappa shape index (κ2) is 7.68. The Labute approximate surface area is 125 Å². The number of nitrogens with one attached hydrogen (secondary N) is 1. The second-order valence-electron chi connectivity index (χ2n) is 6.72. The summed E-state index contributed by atoms with van der Waals surface area (Å²) in [6.45, 7) is 16.6. The number of hydrogen-bond donors (Lipinski definition) is 1. The van der Waals surface area contributed by atoms with Gasteiger partial charge in [0.15, 0.2) is 0 Å². The van der Waals surface area contributed by atoms with Crippen LogP contribution in [0.4, 0.5) is 5.69 Å². The van der Waals surface area contributed by atoms with Crippen molar-refractivity contribution in [3.63, 3.8) is 0 Å². The van der Waals surface area contributed by atoms with E-state index in [0.29, 0.717) is 0 Å². The molecule has 0 atom stereocenters. The van der Waals surface area contributed by atoms with Gasteiger partial charge in [0.25, 0.3) is 0 Å². The first-order valence-electron chi connectivity index (χ1n) is 7.97. The van der Waals surface area contributed by atoms with E-state index in [-0.39, 0.29) is 5.54 Å². The van der Waals surface area contributed by atoms with Gasteiger partial charge in [-0.3, -0.25) is 0 Å². The molecule has 0 radical (unpaired) electrons. The summed E-state index contributed by atoms with van der Waals surface area (Å²) in [6.07, 6.45) is 2.39. The van der Waals surface area contributed by atoms with E-state index in [9.17, 15) is 0 Å². The summed E-state index contributed by atoms with van der Waals surface area (Å²) in [7, 11) is 0. The van der Waals surface area contributed by atoms with E-state index in [4.69, 9.17) is 0 Å². The van der Waals surface area contributed by atoms with Gasteiger partial charge in [0, 0.05) is 30.9 Å². The highest BCUT2D eigenvalue weighted by molar-refractivity contribution is 5.55. The number of aryl methyl sites for hydroxylation is 1. The van der Waals surface area contributed by atoms with Crippen molar-refractivity contribution in [1.82, 2.24) is 5.32 Å². The molecule has 0 heterocycles. The van der Waals surface area contributed by atoms with Crippen LogP contribution in [-0.4, -0.2) is 18.6 Å². The van der Waals surface area contributed by atoms with Gasteiger partial charge in [-0.15, -0.1) is 0 Å². The zero-order valence-corrected chi connectivity index (χ0v) is 14.2. The maximum absolute atomic E-state index is 3.62. The highest BCUT2D eigenvalue weighted by atomic mass is 15.1. The fraction of sp³-hybridized carbons (Fsp3) is 0.667. The summed E-state index contributed by atoms with van der Waals surface area (Å²) in [5.74, 6) is 0. The standard InChI is InChI=1S/C18H32N2/c1-7-11-20(12-8-2)17-10-9-15(3)13-16(17)14-19-18(4,5)6/h9-10,13,19H,7-8,11-12,14H2,1-6H3. The van der Waals surface area contributed by atoms with E-state index in [1.807, 2.05) is 0 Å². The molecule has 0 aliphatic rings. The van der Waals surface area contributed by atoms with E-state index in [1.165, 1.54) is 29.7 Å². The fourth-order valence-corrected chi connectivity index (χ4v) is 2.42. The molecule has 0 saturated heterocycles. The smallest absolute Gasteiger partial charge is 0.0412 e. The lowest BCUT2D eigenvalue weighted by Gasteiger charge is -2.28. The van der Waals surface area contributed by atoms with Crippen LogP contribution in [0.15, 0.2) is 18.2 Å². The highest BCUT2D eigenvalue weighted by Crippen LogP contribution is 2.23. The van der Waals surface area contributed by atoms with E-state index in [0.717, 1.165) is 19.6 Å². The largest absolute Gasteiger partial charge is 0.371 e. The minimum Gasteiger partial charge on any atom is -0.371 e. The Morgan fingerprint density at radius 1 is 1.05 bits per heavy atom. The molecule has 0 saturated carbocycles. The van der Waals surface area contributed by atoms with Crippen molar-refractivity contribution in [3.05, 3.63) is 29.3 Å². The van der Waals surface area contributed by atoms with Crippen LogP contribution in [0.25, 0.3) is 0 Å². The molecule has 0 unspecified atom stereocenters. The van der Waals surface area contributed by atoms with E-state index < -0.39 is 0 Å². The summed E-state index contributed by atoms with van der Waals surface area (Å²) in [4.78, 5) is 2.53. The molecule has 1 N–H and O–H groups in total. The molecule has 1 aromatic rings. The Bertz CT molecular complexity index is 398. The van der Waals surface area contributed by atoms with Crippen LogP contribution in [0.1, 0.15) is 58.6 Å². The van der Waals surface area contributed by atoms with Crippen LogP contribution >= 0.6 is 0 Å². The number of nitrogens with zero attached hydrogens (tertiary/aromatic N) is 1. The lowest BCUT2D eigenvalue weighted by molar-refractivity contribution is 0.424. The molecule has 0 aromatic heterocycles. The first-order chi connectivity index (χ1) is 9.37. The highest BCUT2D eigenvalue weighted by Gasteiger charge is 2.13. The molecule has 1 aromatic carbocycles. The van der Waals surface area contributed by atoms with Crippen molar-refractivity contribution in [2.75, 3.05) is 18.0 Å². The summed E-state index contributed by atoms with van der Waals surface area (Å²) in [5.41, 5.74) is 4.31. The minimum atomic E-state index is 0.154. The van der Waals surface area contributed by atoms with Crippen LogP contribution in [0, 0.1) is 6.92 Å². The Morgan fingerprint density at radius 2 is 1.65 bits per heavy atom. The Balaban J connectivity index is 2.98. The quantitative estimate of drug-likeness (QED) is 0.788. The van der Waals surface area contributed by atoms with Crippen molar-refractivity contribution in [1.29, 1.82) is 0 Å². The predicted molar refractivity (Wildman–Crippen MR) is 90.6 cm³/mol. The van der Waals surface area contributed by atoms with Crippen LogP contribution in [0.2, 0.25) is 0 Å². The monoisotopic (exact) mass is 276 g/mol. The van der Waals surface area contributed by atoms with Gasteiger partial charge in [-0.2, -0.15) is 0 Å². The number of rotatable bonds is 7. The molecule has 2 heteroatoms. The zero-order valence-electron chi connectivity index (χ0n) is 14.2. The van der Waals surface area contributed by atoms with Crippen molar-refractivity contribution in [2.24, 2.45) is 0 Å². The zero-order chi connectivity index (χ0) is 15.2. The average Bonchev–Trinajstić information content (AvgIpc) is 2.35. The molecule has 1 rings (SSSR count). The topological polar surface area (TPSA) is 15.3 Å². The van der Waals surface area contributed by atoms with Crippen LogP contribution in [0.3, 0.4) is 0 Å². The van der Waals surface area contributed by atoms with E-state index in [1.54, 1.807) is 0 Å². The third-order valence-electron chi connectivity index (χ3n) is 3.37. The molecule has 0 bridgehead atoms. The maximum atomic E-state index is 3.62. The maximum Gasteiger partial charge on any atom is 0.0412 e. The minimum absolute atomic E-state index is 0.154. The van der Waals surface area contributed by atoms with Crippen LogP contribution in [-0.2, 0) is 6.54 Å². The fourth-order valence-electron chi connectivity index (χ4n) is 2.42. The molecular formula is C18H32N2. The third-order valence-corrected chi connectivity index (χ3v) is 3.37. The first kappa shape index (κ1) is 17.0. The normalized spacial score (nSPS) is 11.7. The average molecular weight is 276 g/mol. The van der Waals surface area contributed by atoms with Gasteiger partial charge in [0.2, 0.25) is 0 Å². The van der Waals surface area contributed by atoms with Gasteiger partial charge in [-0.05, 0) is 52.2 Å². The van der Waals surface area contributed by atoms with E-state index in [2.05, 4.69) is 70.0 Å². The lowest BCUT2D eigenvalue weighted by Crippen LogP contribution is -2.36. The van der Waals surface area contributed by atoms with Gasteiger partial charge in [-0.25, -0.2) is 0 Å². The van der Waals surface area contributed by atoms with Gasteiger partial charge in [-0.1, -0.05) is 31.5 Å². The van der Waals surface area contributed by atoms with Crippen LogP contribution in [0.5, 0.6) is 0 Å². The van der Waals surface area contributed by atoms with Crippen molar-refractivity contribution >= 4 is 5.69 Å². The number of anilines is 1. The van der Waals surface area contributed by atoms with Crippen molar-refractivity contribution in [3.8, 4) is 0 Å². The molecule has 0 aliphatic heterocycles. The molecule has 0 spiro atoms. The Hall–Kier alpha value is -1.02. The first-order valence-corrected chi connectivity index (χ1v) is 7.97. The van der Waals surface area contributed by atoms with Gasteiger partial charge in [0.1, 0.15) is 0 Å². The summed E-state index contributed by atoms with van der Waals surface area (Å²) >= 11 is 0. The molecule has 114 valence electrons. The molecule has 2 nitrogen and oxygen atoms in total. The van der Waals surface area contributed by atoms with Crippen molar-refractivity contribution < 1.29 is 0 Å². The molecular weight excluding hydrogens is 244 g/mol. The van der Waals surface area contributed by atoms with Crippen LogP contribution < -0.4 is 10.2 Å². The molecule has 20 heavy (non-hydrogen) atoms. The third kappa shape index (κ3) is 5.54. The van der Waals surface area contributed by atoms with Gasteiger partial charge >= 0.3 is 0 Å². The molecule has 0 fully saturated rings. The Kier molecular flexibility index (Phi) is 6.54. The molecule has 0 aliphatic carbocycles. The van der Waals surface area contributed by atoms with E-state index >= 15 is 0 Å². The lowest BCUT2D eigenvalue weighted by atomic mass is 10.0. The van der Waals surface area contributed by atoms with Gasteiger partial charge in [0.05, 0.1) is 0 Å². The summed E-state index contributed by atoms with van der Waals surface area (Å²) in [5, 5.41) is 3.62. The van der Waals surface area contributed by atoms with Crippen molar-refractivity contribution in [2.45, 2.75) is 66.5 Å². The molecule has 0 amide bonds. The Morgan fingerprint density at radius 3 is 2.15 bits per heavy atom. The summed E-state index contributed by atoms with van der Waals surface area (Å²) in [6, 6.07) is 6.85.